The molecule has 1 fully saturated rings. The van der Waals surface area contributed by atoms with Crippen LogP contribution in [0, 0.1) is 0 Å². The van der Waals surface area contributed by atoms with E-state index in [2.05, 4.69) is 15.5 Å². The topological polar surface area (TPSA) is 67.0 Å². The Hall–Kier alpha value is -2.01. The second kappa shape index (κ2) is 7.71. The number of benzene rings is 1. The highest BCUT2D eigenvalue weighted by molar-refractivity contribution is 6.32. The van der Waals surface area contributed by atoms with Gasteiger partial charge >= 0.3 is 0 Å². The molecule has 0 spiro atoms. The summed E-state index contributed by atoms with van der Waals surface area (Å²) in [6.07, 6.45) is 7.28. The van der Waals surface area contributed by atoms with Gasteiger partial charge in [0.2, 0.25) is 0 Å². The third-order valence-corrected chi connectivity index (χ3v) is 4.64. The van der Waals surface area contributed by atoms with Gasteiger partial charge in [0.15, 0.2) is 0 Å². The second-order valence-electron chi connectivity index (χ2n) is 6.05. The highest BCUT2D eigenvalue weighted by Gasteiger charge is 2.20. The summed E-state index contributed by atoms with van der Waals surface area (Å²) in [7, 11) is 0. The van der Waals surface area contributed by atoms with Crippen molar-refractivity contribution in [3.8, 4) is 17.0 Å². The van der Waals surface area contributed by atoms with Crippen LogP contribution in [0.4, 0.5) is 0 Å². The van der Waals surface area contributed by atoms with Crippen LogP contribution in [0.3, 0.4) is 0 Å². The molecule has 1 saturated carbocycles. The van der Waals surface area contributed by atoms with E-state index < -0.39 is 0 Å². The Balaban J connectivity index is 1.79. The first kappa shape index (κ1) is 16.8. The Morgan fingerprint density at radius 1 is 1.38 bits per heavy atom. The zero-order chi connectivity index (χ0) is 16.9. The minimum absolute atomic E-state index is 0.0874. The highest BCUT2D eigenvalue weighted by atomic mass is 35.5. The van der Waals surface area contributed by atoms with Gasteiger partial charge in [0.1, 0.15) is 5.75 Å². The van der Waals surface area contributed by atoms with Crippen molar-refractivity contribution in [3.05, 3.63) is 35.0 Å². The number of nitrogens with one attached hydrogen (secondary N) is 2. The first-order valence-electron chi connectivity index (χ1n) is 8.46. The largest absolute Gasteiger partial charge is 0.492 e. The van der Waals surface area contributed by atoms with E-state index in [1.165, 1.54) is 19.3 Å². The number of hydrogen-bond donors (Lipinski definition) is 2. The van der Waals surface area contributed by atoms with Crippen LogP contribution in [0.2, 0.25) is 5.02 Å². The van der Waals surface area contributed by atoms with Crippen LogP contribution >= 0.6 is 11.6 Å². The third-order valence-electron chi connectivity index (χ3n) is 4.34. The lowest BCUT2D eigenvalue weighted by atomic mass is 9.95. The van der Waals surface area contributed by atoms with E-state index in [9.17, 15) is 4.79 Å². The van der Waals surface area contributed by atoms with E-state index in [-0.39, 0.29) is 11.9 Å². The number of ether oxygens (including phenoxy) is 1. The van der Waals surface area contributed by atoms with E-state index >= 15 is 0 Å². The summed E-state index contributed by atoms with van der Waals surface area (Å²) in [5, 5.41) is 10.6. The number of hydrogen-bond acceptors (Lipinski definition) is 3. The molecule has 1 aliphatic rings. The lowest BCUT2D eigenvalue weighted by molar-refractivity contribution is 0.0928. The van der Waals surface area contributed by atoms with Crippen LogP contribution in [0.5, 0.6) is 5.75 Å². The number of amides is 1. The van der Waals surface area contributed by atoms with Gasteiger partial charge in [-0.3, -0.25) is 9.89 Å². The molecule has 128 valence electrons. The summed E-state index contributed by atoms with van der Waals surface area (Å²) in [4.78, 5) is 12.6. The van der Waals surface area contributed by atoms with Crippen LogP contribution in [0.15, 0.2) is 24.4 Å². The number of aromatic amines is 1. The molecule has 0 bridgehead atoms. The number of nitrogens with zero attached hydrogens (tertiary/aromatic N) is 1. The van der Waals surface area contributed by atoms with Crippen molar-refractivity contribution < 1.29 is 9.53 Å². The third kappa shape index (κ3) is 3.73. The van der Waals surface area contributed by atoms with Gasteiger partial charge < -0.3 is 10.1 Å². The zero-order valence-electron chi connectivity index (χ0n) is 13.8. The molecule has 0 radical (unpaired) electrons. The first-order valence-corrected chi connectivity index (χ1v) is 8.83. The maximum Gasteiger partial charge on any atom is 0.255 e. The number of carbonyl (C=O) groups is 1. The molecule has 2 aromatic rings. The second-order valence-corrected chi connectivity index (χ2v) is 6.45. The molecule has 0 aliphatic heterocycles. The summed E-state index contributed by atoms with van der Waals surface area (Å²) in [5.41, 5.74) is 2.03. The number of aromatic nitrogens is 2. The lowest BCUT2D eigenvalue weighted by Gasteiger charge is -2.22. The van der Waals surface area contributed by atoms with Gasteiger partial charge in [-0.05, 0) is 38.0 Å². The number of carbonyl (C=O) groups excluding carboxylic acids is 1. The summed E-state index contributed by atoms with van der Waals surface area (Å²) in [5.74, 6) is 0.547. The quantitative estimate of drug-likeness (QED) is 0.852. The predicted molar refractivity (Wildman–Crippen MR) is 94.5 cm³/mol. The molecule has 0 unspecified atom stereocenters. The maximum absolute atomic E-state index is 12.6. The van der Waals surface area contributed by atoms with Gasteiger partial charge in [0, 0.05) is 11.6 Å². The molecular weight excluding hydrogens is 326 g/mol. The van der Waals surface area contributed by atoms with Crippen LogP contribution in [-0.4, -0.2) is 28.8 Å². The minimum Gasteiger partial charge on any atom is -0.492 e. The first-order chi connectivity index (χ1) is 11.7. The molecule has 24 heavy (non-hydrogen) atoms. The van der Waals surface area contributed by atoms with E-state index in [0.29, 0.717) is 28.6 Å². The van der Waals surface area contributed by atoms with Gasteiger partial charge in [-0.1, -0.05) is 30.9 Å². The number of halogens is 1. The molecule has 1 aromatic heterocycles. The smallest absolute Gasteiger partial charge is 0.255 e. The summed E-state index contributed by atoms with van der Waals surface area (Å²) in [6.45, 7) is 2.46. The normalized spacial score (nSPS) is 15.2. The minimum atomic E-state index is -0.0874. The van der Waals surface area contributed by atoms with Crippen molar-refractivity contribution in [1.82, 2.24) is 15.5 Å². The Morgan fingerprint density at radius 2 is 2.17 bits per heavy atom. The van der Waals surface area contributed by atoms with Crippen molar-refractivity contribution in [1.29, 1.82) is 0 Å². The van der Waals surface area contributed by atoms with Crippen molar-refractivity contribution in [3.63, 3.8) is 0 Å². The molecule has 1 aromatic carbocycles. The SMILES string of the molecule is CCOc1ccc(-c2[nH]ncc2C(=O)NC2CCCCC2)cc1Cl. The monoisotopic (exact) mass is 347 g/mol. The maximum atomic E-state index is 12.6. The van der Waals surface area contributed by atoms with Gasteiger partial charge in [0.25, 0.3) is 5.91 Å². The average molecular weight is 348 g/mol. The summed E-state index contributed by atoms with van der Waals surface area (Å²) >= 11 is 6.25. The van der Waals surface area contributed by atoms with E-state index in [0.717, 1.165) is 18.4 Å². The van der Waals surface area contributed by atoms with E-state index in [4.69, 9.17) is 16.3 Å². The van der Waals surface area contributed by atoms with Crippen LogP contribution in [0.25, 0.3) is 11.3 Å². The molecule has 0 saturated heterocycles. The Morgan fingerprint density at radius 3 is 2.88 bits per heavy atom. The number of H-pyrrole nitrogens is 1. The summed E-state index contributed by atoms with van der Waals surface area (Å²) in [6, 6.07) is 5.74. The van der Waals surface area contributed by atoms with Crippen LogP contribution in [-0.2, 0) is 0 Å². The summed E-state index contributed by atoms with van der Waals surface area (Å²) < 4.78 is 5.45. The van der Waals surface area contributed by atoms with Crippen LogP contribution in [0.1, 0.15) is 49.4 Å². The molecule has 1 amide bonds. The van der Waals surface area contributed by atoms with E-state index in [1.54, 1.807) is 12.3 Å². The van der Waals surface area contributed by atoms with Gasteiger partial charge in [-0.25, -0.2) is 0 Å². The van der Waals surface area contributed by atoms with Crippen molar-refractivity contribution >= 4 is 17.5 Å². The van der Waals surface area contributed by atoms with E-state index in [1.807, 2.05) is 19.1 Å². The predicted octanol–water partition coefficient (Wildman–Crippen LogP) is 4.19. The molecule has 0 atom stereocenters. The molecule has 2 N–H and O–H groups in total. The lowest BCUT2D eigenvalue weighted by Crippen LogP contribution is -2.36. The highest BCUT2D eigenvalue weighted by Crippen LogP contribution is 2.31. The fourth-order valence-electron chi connectivity index (χ4n) is 3.12. The molecule has 5 nitrogen and oxygen atoms in total. The van der Waals surface area contributed by atoms with Gasteiger partial charge in [-0.2, -0.15) is 5.10 Å². The fraction of sp³-hybridized carbons (Fsp3) is 0.444. The molecule has 3 rings (SSSR count). The molecular formula is C18H22ClN3O2. The fourth-order valence-corrected chi connectivity index (χ4v) is 3.35. The molecule has 1 heterocycles. The Bertz CT molecular complexity index is 708. The average Bonchev–Trinajstić information content (AvgIpc) is 3.07. The standard InChI is InChI=1S/C18H22ClN3O2/c1-2-24-16-9-8-12(10-15(16)19)17-14(11-20-22-17)18(23)21-13-6-4-3-5-7-13/h8-11,13H,2-7H2,1H3,(H,20,22)(H,21,23). The number of rotatable bonds is 5. The molecule has 1 aliphatic carbocycles. The van der Waals surface area contributed by atoms with Crippen LogP contribution < -0.4 is 10.1 Å². The molecule has 6 heteroatoms. The van der Waals surface area contributed by atoms with Crippen molar-refractivity contribution in [2.45, 2.75) is 45.1 Å². The van der Waals surface area contributed by atoms with Gasteiger partial charge in [0.05, 0.1) is 29.1 Å². The Kier molecular flexibility index (Phi) is 5.41. The van der Waals surface area contributed by atoms with Crippen molar-refractivity contribution in [2.75, 3.05) is 6.61 Å². The Labute approximate surface area is 146 Å². The zero-order valence-corrected chi connectivity index (χ0v) is 14.5. The van der Waals surface area contributed by atoms with Crippen molar-refractivity contribution in [2.24, 2.45) is 0 Å². The van der Waals surface area contributed by atoms with Gasteiger partial charge in [-0.15, -0.1) is 0 Å².